The first kappa shape index (κ1) is 27.0. The van der Waals surface area contributed by atoms with E-state index in [1.54, 1.807) is 43.4 Å². The number of benzene rings is 2. The number of imide groups is 1. The SMILES string of the molecule is CCOc1ccc(N2C(=O)CC(N(CCc3ccc(OC)c(OC)c3)C(=O)CC(C)(C)C)C2=O)cc1. The van der Waals surface area contributed by atoms with E-state index in [9.17, 15) is 14.4 Å². The van der Waals surface area contributed by atoms with Gasteiger partial charge in [0.15, 0.2) is 11.5 Å². The number of carbonyl (C=O) groups is 3. The Morgan fingerprint density at radius 3 is 2.28 bits per heavy atom. The smallest absolute Gasteiger partial charge is 0.257 e. The van der Waals surface area contributed by atoms with Crippen molar-refractivity contribution in [1.82, 2.24) is 4.90 Å². The van der Waals surface area contributed by atoms with Gasteiger partial charge in [-0.25, -0.2) is 4.90 Å². The van der Waals surface area contributed by atoms with Gasteiger partial charge in [-0.1, -0.05) is 26.8 Å². The molecule has 0 spiro atoms. The summed E-state index contributed by atoms with van der Waals surface area (Å²) in [6.45, 7) is 8.64. The van der Waals surface area contributed by atoms with Crippen LogP contribution in [0.5, 0.6) is 17.2 Å². The van der Waals surface area contributed by atoms with E-state index >= 15 is 0 Å². The van der Waals surface area contributed by atoms with Crippen molar-refractivity contribution in [3.8, 4) is 17.2 Å². The average molecular weight is 497 g/mol. The number of hydrogen-bond acceptors (Lipinski definition) is 6. The lowest BCUT2D eigenvalue weighted by atomic mass is 9.91. The Labute approximate surface area is 213 Å². The van der Waals surface area contributed by atoms with Crippen molar-refractivity contribution in [2.75, 3.05) is 32.3 Å². The molecule has 1 atom stereocenters. The number of carbonyl (C=O) groups excluding carboxylic acids is 3. The van der Waals surface area contributed by atoms with Gasteiger partial charge >= 0.3 is 0 Å². The highest BCUT2D eigenvalue weighted by molar-refractivity contribution is 6.23. The first-order chi connectivity index (χ1) is 17.1. The summed E-state index contributed by atoms with van der Waals surface area (Å²) in [5.74, 6) is 1.00. The van der Waals surface area contributed by atoms with Crippen molar-refractivity contribution in [3.63, 3.8) is 0 Å². The normalized spacial score (nSPS) is 15.7. The predicted octanol–water partition coefficient (Wildman–Crippen LogP) is 4.24. The fraction of sp³-hybridized carbons (Fsp3) is 0.464. The Morgan fingerprint density at radius 2 is 1.69 bits per heavy atom. The van der Waals surface area contributed by atoms with Crippen LogP contribution in [-0.2, 0) is 20.8 Å². The van der Waals surface area contributed by atoms with Gasteiger partial charge in [-0.3, -0.25) is 14.4 Å². The van der Waals surface area contributed by atoms with Gasteiger partial charge in [-0.05, 0) is 60.7 Å². The minimum Gasteiger partial charge on any atom is -0.494 e. The molecule has 0 aliphatic carbocycles. The average Bonchev–Trinajstić information content (AvgIpc) is 3.12. The van der Waals surface area contributed by atoms with Crippen molar-refractivity contribution in [1.29, 1.82) is 0 Å². The molecule has 1 aliphatic rings. The Balaban J connectivity index is 1.84. The summed E-state index contributed by atoms with van der Waals surface area (Å²) in [4.78, 5) is 42.6. The van der Waals surface area contributed by atoms with Crippen LogP contribution < -0.4 is 19.1 Å². The van der Waals surface area contributed by atoms with Gasteiger partial charge in [0.05, 0.1) is 32.9 Å². The highest BCUT2D eigenvalue weighted by Crippen LogP contribution is 2.31. The monoisotopic (exact) mass is 496 g/mol. The molecule has 3 rings (SSSR count). The van der Waals surface area contributed by atoms with E-state index in [1.807, 2.05) is 45.9 Å². The quantitative estimate of drug-likeness (QED) is 0.458. The van der Waals surface area contributed by atoms with Crippen molar-refractivity contribution in [2.24, 2.45) is 5.41 Å². The third-order valence-corrected chi connectivity index (χ3v) is 6.00. The van der Waals surface area contributed by atoms with Crippen molar-refractivity contribution in [3.05, 3.63) is 48.0 Å². The third-order valence-electron chi connectivity index (χ3n) is 6.00. The minimum absolute atomic E-state index is 0.0478. The van der Waals surface area contributed by atoms with Gasteiger partial charge in [0.25, 0.3) is 5.91 Å². The summed E-state index contributed by atoms with van der Waals surface area (Å²) < 4.78 is 16.2. The minimum atomic E-state index is -0.848. The van der Waals surface area contributed by atoms with Gasteiger partial charge in [-0.2, -0.15) is 0 Å². The Bertz CT molecular complexity index is 1090. The molecule has 0 aromatic heterocycles. The van der Waals surface area contributed by atoms with Crippen molar-refractivity contribution in [2.45, 2.75) is 53.0 Å². The molecule has 2 aromatic carbocycles. The lowest BCUT2D eigenvalue weighted by Gasteiger charge is -2.30. The zero-order valence-corrected chi connectivity index (χ0v) is 22.0. The van der Waals surface area contributed by atoms with Crippen LogP contribution in [0.25, 0.3) is 0 Å². The molecule has 1 unspecified atom stereocenters. The molecule has 1 aliphatic heterocycles. The van der Waals surface area contributed by atoms with Gasteiger partial charge < -0.3 is 19.1 Å². The van der Waals surface area contributed by atoms with Crippen molar-refractivity contribution < 1.29 is 28.6 Å². The highest BCUT2D eigenvalue weighted by Gasteiger charge is 2.44. The summed E-state index contributed by atoms with van der Waals surface area (Å²) in [5.41, 5.74) is 1.14. The lowest BCUT2D eigenvalue weighted by molar-refractivity contribution is -0.139. The van der Waals surface area contributed by atoms with Gasteiger partial charge in [0.2, 0.25) is 11.8 Å². The second kappa shape index (κ2) is 11.5. The van der Waals surface area contributed by atoms with E-state index in [0.717, 1.165) is 5.56 Å². The molecule has 1 saturated heterocycles. The highest BCUT2D eigenvalue weighted by atomic mass is 16.5. The van der Waals surface area contributed by atoms with E-state index in [0.29, 0.717) is 42.5 Å². The topological polar surface area (TPSA) is 85.4 Å². The van der Waals surface area contributed by atoms with Crippen LogP contribution in [0.3, 0.4) is 0 Å². The fourth-order valence-corrected chi connectivity index (χ4v) is 4.28. The van der Waals surface area contributed by atoms with Crippen LogP contribution in [-0.4, -0.2) is 56.0 Å². The summed E-state index contributed by atoms with van der Waals surface area (Å²) in [6.07, 6.45) is 0.713. The number of amides is 3. The standard InChI is InChI=1S/C28H36N2O6/c1-7-36-21-11-9-20(10-12-21)30-25(31)17-22(27(30)33)29(26(32)18-28(2,3)4)15-14-19-8-13-23(34-5)24(16-19)35-6/h8-13,16,22H,7,14-15,17-18H2,1-6H3. The molecule has 36 heavy (non-hydrogen) atoms. The summed E-state index contributed by atoms with van der Waals surface area (Å²) in [7, 11) is 3.14. The number of nitrogens with zero attached hydrogens (tertiary/aromatic N) is 2. The second-order valence-corrected chi connectivity index (χ2v) is 9.98. The van der Waals surface area contributed by atoms with Gasteiger partial charge in [-0.15, -0.1) is 0 Å². The molecule has 0 N–H and O–H groups in total. The predicted molar refractivity (Wildman–Crippen MR) is 138 cm³/mol. The molecule has 0 saturated carbocycles. The molecule has 194 valence electrons. The number of anilines is 1. The van der Waals surface area contributed by atoms with Crippen LogP contribution >= 0.6 is 0 Å². The van der Waals surface area contributed by atoms with Crippen LogP contribution in [0.1, 0.15) is 46.1 Å². The van der Waals surface area contributed by atoms with E-state index in [-0.39, 0.29) is 30.1 Å². The van der Waals surface area contributed by atoms with E-state index in [1.165, 1.54) is 4.90 Å². The third kappa shape index (κ3) is 6.36. The maximum Gasteiger partial charge on any atom is 0.257 e. The van der Waals surface area contributed by atoms with Gasteiger partial charge in [0.1, 0.15) is 11.8 Å². The van der Waals surface area contributed by atoms with Crippen LogP contribution in [0.4, 0.5) is 5.69 Å². The summed E-state index contributed by atoms with van der Waals surface area (Å²) in [5, 5.41) is 0. The fourth-order valence-electron chi connectivity index (χ4n) is 4.28. The van der Waals surface area contributed by atoms with E-state index < -0.39 is 11.9 Å². The largest absolute Gasteiger partial charge is 0.494 e. The number of methoxy groups -OCH3 is 2. The number of ether oxygens (including phenoxy) is 3. The molecule has 2 aromatic rings. The van der Waals surface area contributed by atoms with Crippen molar-refractivity contribution >= 4 is 23.4 Å². The van der Waals surface area contributed by atoms with E-state index in [2.05, 4.69) is 0 Å². The molecule has 1 heterocycles. The van der Waals surface area contributed by atoms with Crippen LogP contribution in [0.15, 0.2) is 42.5 Å². The van der Waals surface area contributed by atoms with Crippen LogP contribution in [0, 0.1) is 5.41 Å². The molecule has 8 nitrogen and oxygen atoms in total. The molecule has 1 fully saturated rings. The maximum atomic E-state index is 13.5. The summed E-state index contributed by atoms with van der Waals surface area (Å²) in [6, 6.07) is 11.6. The Hall–Kier alpha value is -3.55. The molecular weight excluding hydrogens is 460 g/mol. The van der Waals surface area contributed by atoms with Crippen LogP contribution in [0.2, 0.25) is 0 Å². The molecule has 0 bridgehead atoms. The molecule has 8 heteroatoms. The lowest BCUT2D eigenvalue weighted by Crippen LogP contribution is -2.47. The second-order valence-electron chi connectivity index (χ2n) is 9.98. The molecular formula is C28H36N2O6. The first-order valence-corrected chi connectivity index (χ1v) is 12.2. The van der Waals surface area contributed by atoms with E-state index in [4.69, 9.17) is 14.2 Å². The first-order valence-electron chi connectivity index (χ1n) is 12.2. The number of rotatable bonds is 10. The molecule has 0 radical (unpaired) electrons. The van der Waals surface area contributed by atoms with Gasteiger partial charge in [0, 0.05) is 13.0 Å². The Morgan fingerprint density at radius 1 is 1.03 bits per heavy atom. The zero-order valence-electron chi connectivity index (χ0n) is 22.0. The summed E-state index contributed by atoms with van der Waals surface area (Å²) >= 11 is 0. The number of hydrogen-bond donors (Lipinski definition) is 0. The molecule has 3 amide bonds. The zero-order chi connectivity index (χ0) is 26.5. The maximum absolute atomic E-state index is 13.5. The Kier molecular flexibility index (Phi) is 8.61.